The number of carbonyl (C=O) groups is 1. The summed E-state index contributed by atoms with van der Waals surface area (Å²) in [6.45, 7) is 0.798. The average molecular weight is 274 g/mol. The molecule has 0 unspecified atom stereocenters. The van der Waals surface area contributed by atoms with Crippen molar-refractivity contribution in [3.05, 3.63) is 4.73 Å². The van der Waals surface area contributed by atoms with E-state index in [1.54, 1.807) is 11.7 Å². The largest absolute Gasteiger partial charge is 0.368 e. The van der Waals surface area contributed by atoms with Crippen LogP contribution in [0.1, 0.15) is 12.8 Å². The second-order valence-electron chi connectivity index (χ2n) is 3.56. The van der Waals surface area contributed by atoms with Crippen LogP contribution in [-0.2, 0) is 11.8 Å². The monoisotopic (exact) mass is 273 g/mol. The topological polar surface area (TPSA) is 77.0 Å². The van der Waals surface area contributed by atoms with Crippen molar-refractivity contribution < 1.29 is 4.79 Å². The molecule has 1 aromatic heterocycles. The molecule has 82 valence electrons. The number of rotatable bonds is 2. The van der Waals surface area contributed by atoms with Crippen LogP contribution in [0.2, 0.25) is 0 Å². The van der Waals surface area contributed by atoms with E-state index < -0.39 is 0 Å². The summed E-state index contributed by atoms with van der Waals surface area (Å²) >= 11 is 3.20. The number of anilines is 1. The number of hydrogen-bond donors (Lipinski definition) is 1. The second-order valence-corrected chi connectivity index (χ2v) is 4.27. The van der Waals surface area contributed by atoms with Gasteiger partial charge in [0.1, 0.15) is 6.04 Å². The van der Waals surface area contributed by atoms with Crippen molar-refractivity contribution in [2.45, 2.75) is 18.9 Å². The van der Waals surface area contributed by atoms with Gasteiger partial charge in [0.25, 0.3) is 0 Å². The standard InChI is InChI=1S/C8H12BrN5O/c1-13-8(11-7(9)12-13)14-4-2-3-5(14)6(10)15/h5H,2-4H2,1H3,(H2,10,15)/t5-/m0/s1. The van der Waals surface area contributed by atoms with Crippen LogP contribution in [0.15, 0.2) is 4.73 Å². The molecule has 0 aromatic carbocycles. The lowest BCUT2D eigenvalue weighted by atomic mass is 10.2. The minimum absolute atomic E-state index is 0.250. The van der Waals surface area contributed by atoms with Gasteiger partial charge in [0.2, 0.25) is 16.6 Å². The predicted molar refractivity (Wildman–Crippen MR) is 58.3 cm³/mol. The smallest absolute Gasteiger partial charge is 0.240 e. The van der Waals surface area contributed by atoms with Gasteiger partial charge in [0.05, 0.1) is 0 Å². The van der Waals surface area contributed by atoms with E-state index >= 15 is 0 Å². The second kappa shape index (κ2) is 3.80. The fourth-order valence-corrected chi connectivity index (χ4v) is 2.29. The SMILES string of the molecule is Cn1nc(Br)nc1N1CCC[C@H]1C(N)=O. The Balaban J connectivity index is 2.30. The molecule has 0 aliphatic carbocycles. The first kappa shape index (κ1) is 10.4. The maximum Gasteiger partial charge on any atom is 0.240 e. The molecular weight excluding hydrogens is 262 g/mol. The van der Waals surface area contributed by atoms with Gasteiger partial charge < -0.3 is 10.6 Å². The molecule has 7 heteroatoms. The number of halogens is 1. The third-order valence-electron chi connectivity index (χ3n) is 2.55. The zero-order valence-corrected chi connectivity index (χ0v) is 9.94. The van der Waals surface area contributed by atoms with E-state index in [1.807, 2.05) is 4.90 Å². The first-order valence-corrected chi connectivity index (χ1v) is 5.51. The molecule has 2 rings (SSSR count). The Kier molecular flexibility index (Phi) is 2.64. The molecular formula is C8H12BrN5O. The highest BCUT2D eigenvalue weighted by molar-refractivity contribution is 9.10. The van der Waals surface area contributed by atoms with Crippen LogP contribution in [0.5, 0.6) is 0 Å². The Morgan fingerprint density at radius 2 is 2.40 bits per heavy atom. The van der Waals surface area contributed by atoms with Crippen LogP contribution >= 0.6 is 15.9 Å². The van der Waals surface area contributed by atoms with Gasteiger partial charge in [-0.3, -0.25) is 4.79 Å². The Labute approximate surface area is 95.6 Å². The van der Waals surface area contributed by atoms with E-state index in [-0.39, 0.29) is 11.9 Å². The number of nitrogens with zero attached hydrogens (tertiary/aromatic N) is 4. The van der Waals surface area contributed by atoms with Crippen molar-refractivity contribution in [1.29, 1.82) is 0 Å². The summed E-state index contributed by atoms with van der Waals surface area (Å²) in [6, 6.07) is -0.250. The van der Waals surface area contributed by atoms with E-state index in [0.717, 1.165) is 19.4 Å². The van der Waals surface area contributed by atoms with E-state index in [1.165, 1.54) is 0 Å². The molecule has 1 fully saturated rings. The number of amides is 1. The third-order valence-corrected chi connectivity index (χ3v) is 2.89. The number of hydrogen-bond acceptors (Lipinski definition) is 4. The van der Waals surface area contributed by atoms with Gasteiger partial charge in [-0.25, -0.2) is 4.68 Å². The number of aryl methyl sites for hydroxylation is 1. The van der Waals surface area contributed by atoms with Crippen molar-refractivity contribution >= 4 is 27.8 Å². The van der Waals surface area contributed by atoms with E-state index in [2.05, 4.69) is 26.0 Å². The fourth-order valence-electron chi connectivity index (χ4n) is 1.90. The van der Waals surface area contributed by atoms with Crippen LogP contribution in [-0.4, -0.2) is 33.3 Å². The molecule has 2 heterocycles. The van der Waals surface area contributed by atoms with Gasteiger partial charge >= 0.3 is 0 Å². The summed E-state index contributed by atoms with van der Waals surface area (Å²) in [5.74, 6) is 0.384. The maximum atomic E-state index is 11.2. The Hall–Kier alpha value is -1.11. The lowest BCUT2D eigenvalue weighted by Gasteiger charge is -2.21. The van der Waals surface area contributed by atoms with Crippen LogP contribution in [0.3, 0.4) is 0 Å². The molecule has 1 aromatic rings. The summed E-state index contributed by atoms with van der Waals surface area (Å²) in [5.41, 5.74) is 5.33. The number of aromatic nitrogens is 3. The quantitative estimate of drug-likeness (QED) is 0.825. The summed E-state index contributed by atoms with van der Waals surface area (Å²) in [7, 11) is 1.80. The molecule has 0 radical (unpaired) electrons. The molecule has 1 aliphatic heterocycles. The molecule has 2 N–H and O–H groups in total. The zero-order chi connectivity index (χ0) is 11.0. The van der Waals surface area contributed by atoms with Gasteiger partial charge in [-0.1, -0.05) is 0 Å². The minimum Gasteiger partial charge on any atom is -0.368 e. The Morgan fingerprint density at radius 1 is 1.67 bits per heavy atom. The molecule has 1 aliphatic rings. The lowest BCUT2D eigenvalue weighted by molar-refractivity contribution is -0.119. The normalized spacial score (nSPS) is 20.9. The summed E-state index contributed by atoms with van der Waals surface area (Å²) in [4.78, 5) is 17.3. The number of primary amides is 1. The van der Waals surface area contributed by atoms with Gasteiger partial charge in [-0.2, -0.15) is 4.98 Å². The van der Waals surface area contributed by atoms with Crippen molar-refractivity contribution in [2.24, 2.45) is 12.8 Å². The van der Waals surface area contributed by atoms with E-state index in [4.69, 9.17) is 5.73 Å². The van der Waals surface area contributed by atoms with Gasteiger partial charge in [-0.05, 0) is 28.8 Å². The highest BCUT2D eigenvalue weighted by atomic mass is 79.9. The molecule has 0 saturated carbocycles. The molecule has 6 nitrogen and oxygen atoms in total. The summed E-state index contributed by atoms with van der Waals surface area (Å²) in [6.07, 6.45) is 1.75. The van der Waals surface area contributed by atoms with Crippen molar-refractivity contribution in [1.82, 2.24) is 14.8 Å². The highest BCUT2D eigenvalue weighted by Crippen LogP contribution is 2.24. The van der Waals surface area contributed by atoms with Crippen LogP contribution < -0.4 is 10.6 Å². The lowest BCUT2D eigenvalue weighted by Crippen LogP contribution is -2.41. The third kappa shape index (κ3) is 1.83. The van der Waals surface area contributed by atoms with Gasteiger partial charge in [0.15, 0.2) is 0 Å². The minimum atomic E-state index is -0.299. The van der Waals surface area contributed by atoms with Crippen LogP contribution in [0.4, 0.5) is 5.95 Å². The van der Waals surface area contributed by atoms with Crippen LogP contribution in [0, 0.1) is 0 Å². The number of carbonyl (C=O) groups excluding carboxylic acids is 1. The molecule has 0 bridgehead atoms. The molecule has 1 amide bonds. The first-order chi connectivity index (χ1) is 7.09. The van der Waals surface area contributed by atoms with E-state index in [9.17, 15) is 4.79 Å². The van der Waals surface area contributed by atoms with Crippen molar-refractivity contribution in [3.8, 4) is 0 Å². The van der Waals surface area contributed by atoms with E-state index in [0.29, 0.717) is 10.7 Å². The van der Waals surface area contributed by atoms with Crippen LogP contribution in [0.25, 0.3) is 0 Å². The Bertz CT molecular complexity index is 390. The zero-order valence-electron chi connectivity index (χ0n) is 8.35. The molecule has 1 saturated heterocycles. The summed E-state index contributed by atoms with van der Waals surface area (Å²) < 4.78 is 2.17. The average Bonchev–Trinajstić information content (AvgIpc) is 2.71. The highest BCUT2D eigenvalue weighted by Gasteiger charge is 2.31. The molecule has 1 atom stereocenters. The first-order valence-electron chi connectivity index (χ1n) is 4.72. The summed E-state index contributed by atoms with van der Waals surface area (Å²) in [5, 5.41) is 4.08. The van der Waals surface area contributed by atoms with Gasteiger partial charge in [0, 0.05) is 13.6 Å². The predicted octanol–water partition coefficient (Wildman–Crippen LogP) is 0.0317. The molecule has 15 heavy (non-hydrogen) atoms. The van der Waals surface area contributed by atoms with Crippen molar-refractivity contribution in [2.75, 3.05) is 11.4 Å². The van der Waals surface area contributed by atoms with Crippen molar-refractivity contribution in [3.63, 3.8) is 0 Å². The van der Waals surface area contributed by atoms with Gasteiger partial charge in [-0.15, -0.1) is 5.10 Å². The maximum absolute atomic E-state index is 11.2. The number of nitrogens with two attached hydrogens (primary N) is 1. The Morgan fingerprint density at radius 3 is 2.93 bits per heavy atom. The fraction of sp³-hybridized carbons (Fsp3) is 0.625. The molecule has 0 spiro atoms.